The average Bonchev–Trinajstić information content (AvgIpc) is 0.712. The highest BCUT2D eigenvalue weighted by Gasteiger charge is 2.73. The van der Waals surface area contributed by atoms with Crippen LogP contribution in [-0.2, 0) is 104 Å². The third kappa shape index (κ3) is 20.8. The van der Waals surface area contributed by atoms with Crippen LogP contribution < -0.4 is 0 Å². The van der Waals surface area contributed by atoms with Crippen LogP contribution in [0.1, 0.15) is 160 Å². The Hall–Kier alpha value is -4.11. The number of carbonyl (C=O) groups is 3. The molecule has 5 aliphatic carbocycles. The van der Waals surface area contributed by atoms with E-state index in [1.807, 2.05) is 0 Å². The SMILES string of the molecule is C=C[C@](C)(O)CC/C=C\C(=O)O[C@@H]1[C@@H](O)[C@H](C)O[C@@H](OC[C@@H]2O[C@H](OC(=O)[C@]34CCC(C)(C)C[C@H]3C3=CCC5[C@@]6(C)CC[C@H](O[C@@H]7O[C@H](CO[C@H]8OC[C@@H](O)[C@@H](O)[C@@H]8O[C@H]8OC[C@H](O)[C@@H](O)[C@@H]8O)[C@@H](O)[C@H](O)[C@H]7O)C(C)(C)C6CC[C@@]5(C)[C@]3(C)C[C@H]4O)[C@@H](O[C@@H]3O[C@@H](C)[C@H](O[C@@H]4OC[C@@H](O)[C@H](O[C@@H]5OC[C@@H](O)[C@H](O)[C@H]5O)[C@H]4O)[C@@H](O)[C@H]3O)[C@H](O)[C@H]2O)[C@@H]1OC(=O)[C@@H](CO)[C@H]1CC[C@@](C)(C=C)O1. The highest BCUT2D eigenvalue weighted by molar-refractivity contribution is 5.82. The molecule has 49 atom stereocenters. The minimum Gasteiger partial charge on any atom is -0.452 e. The van der Waals surface area contributed by atoms with Gasteiger partial charge >= 0.3 is 17.9 Å². The number of aliphatic hydroxyl groups excluding tert-OH is 20. The maximum atomic E-state index is 16.6. The van der Waals surface area contributed by atoms with Crippen LogP contribution in [0.5, 0.6) is 0 Å². The molecular formula is C93H146O43. The van der Waals surface area contributed by atoms with E-state index in [1.165, 1.54) is 32.9 Å². The van der Waals surface area contributed by atoms with Crippen molar-refractivity contribution in [1.29, 1.82) is 0 Å². The quantitative estimate of drug-likeness (QED) is 0.0111. The first-order chi connectivity index (χ1) is 63.8. The first-order valence-electron chi connectivity index (χ1n) is 47.6. The van der Waals surface area contributed by atoms with Crippen molar-refractivity contribution in [2.24, 2.45) is 56.2 Å². The molecule has 0 aromatic rings. The van der Waals surface area contributed by atoms with Gasteiger partial charge in [-0.15, -0.1) is 13.2 Å². The van der Waals surface area contributed by atoms with Crippen molar-refractivity contribution in [1.82, 2.24) is 0 Å². The van der Waals surface area contributed by atoms with Gasteiger partial charge in [0.1, 0.15) is 152 Å². The van der Waals surface area contributed by atoms with Gasteiger partial charge in [0.15, 0.2) is 62.3 Å². The van der Waals surface area contributed by atoms with Crippen LogP contribution in [0.4, 0.5) is 0 Å². The van der Waals surface area contributed by atoms with Crippen molar-refractivity contribution in [3.05, 3.63) is 49.1 Å². The molecule has 21 N–H and O–H groups in total. The first-order valence-corrected chi connectivity index (χ1v) is 47.6. The molecule has 0 amide bonds. The molecule has 776 valence electrons. The number of aliphatic hydroxyl groups is 21. The van der Waals surface area contributed by atoms with Crippen molar-refractivity contribution in [2.75, 3.05) is 46.2 Å². The van der Waals surface area contributed by atoms with E-state index >= 15 is 4.79 Å². The topological polar surface area (TPSA) is 651 Å². The van der Waals surface area contributed by atoms with E-state index in [9.17, 15) is 117 Å². The molecule has 14 aliphatic rings. The molecule has 0 aromatic carbocycles. The molecule has 13 fully saturated rings. The van der Waals surface area contributed by atoms with Gasteiger partial charge < -0.3 is 197 Å². The largest absolute Gasteiger partial charge is 0.452 e. The number of allylic oxidation sites excluding steroid dienone is 3. The number of hydrogen-bond acceptors (Lipinski definition) is 43. The molecule has 0 bridgehead atoms. The summed E-state index contributed by atoms with van der Waals surface area (Å²) in [5.41, 5.74) is -6.20. The maximum Gasteiger partial charge on any atom is 0.330 e. The zero-order chi connectivity index (χ0) is 99.2. The standard InChI is InChI=1S/C93H146O43/c1-14-88(9,117)24-17-16-18-55(100)129-72-56(101)39(3)124-83(75(72)130-76(115)41(32-94)48-21-25-89(10,15-2)136-48)123-38-50-61(106)63(108)74(134-80-68(113)64(109)70(40(4)125-80)131-79-69(114)71(47(98)36-120-79)132-77-65(110)57(102)44(95)33-118-77)84(127-50)135-85(116)93-29-28-86(5,6)30-43(93)42-19-20-52-90(11)26-23-54(87(7,8)51(90)22-27-91(52,12)92(42,13)31-53(93)99)128-81-67(112)62(107)60(105)49(126-81)37-122-82-73(59(104)46(97)35-121-82)133-78-66(111)58(103)45(96)34-119-78/h14-16,18-19,39-41,43-54,56-75,77-84,94-99,101-114,117H,1-2,17,20-38H2,3-13H3/b18-16-/t39-,40-,41-,43-,44+,45-,46+,47+,48+,49+,50-,51?,52?,53+,54-,56-,57-,58+,59+,60+,61-,62-,63+,64-,65+,66-,67+,68+,69+,70-,71-,72+,73-,74-,75+,77-,78+,79-,80-,81-,82+,83+,84+,88-,89+,90-,91+,92+,93+/m0/s1. The molecule has 0 radical (unpaired) electrons. The number of carbonyl (C=O) groups excluding carboxylic acids is 3. The van der Waals surface area contributed by atoms with Crippen LogP contribution >= 0.6 is 0 Å². The molecule has 136 heavy (non-hydrogen) atoms. The summed E-state index contributed by atoms with van der Waals surface area (Å²) < 4.78 is 115. The maximum absolute atomic E-state index is 16.6. The molecule has 9 aliphatic heterocycles. The first kappa shape index (κ1) is 108. The van der Waals surface area contributed by atoms with Crippen molar-refractivity contribution < 1.29 is 212 Å². The summed E-state index contributed by atoms with van der Waals surface area (Å²) in [6.07, 6.45) is -54.8. The Balaban J connectivity index is 0.723. The van der Waals surface area contributed by atoms with Crippen LogP contribution in [0.3, 0.4) is 0 Å². The highest BCUT2D eigenvalue weighted by atomic mass is 16.8. The Morgan fingerprint density at radius 3 is 1.66 bits per heavy atom. The van der Waals surface area contributed by atoms with E-state index in [4.69, 9.17) is 90.0 Å². The monoisotopic (exact) mass is 1950 g/mol. The fraction of sp³-hybridized carbons (Fsp3) is 0.882. The third-order valence-corrected chi connectivity index (χ3v) is 32.9. The summed E-state index contributed by atoms with van der Waals surface area (Å²) in [7, 11) is 0. The lowest BCUT2D eigenvalue weighted by atomic mass is 9.33. The molecule has 0 aromatic heterocycles. The second-order valence-corrected chi connectivity index (χ2v) is 42.7. The molecule has 43 heteroatoms. The van der Waals surface area contributed by atoms with E-state index in [0.717, 1.165) is 11.6 Å². The van der Waals surface area contributed by atoms with Crippen LogP contribution in [0.2, 0.25) is 0 Å². The zero-order valence-electron chi connectivity index (χ0n) is 78.6. The lowest BCUT2D eigenvalue weighted by Gasteiger charge is -2.71. The minimum absolute atomic E-state index is 0.0154. The van der Waals surface area contributed by atoms with Crippen molar-refractivity contribution in [3.8, 4) is 0 Å². The number of rotatable bonds is 29. The molecule has 4 saturated carbocycles. The van der Waals surface area contributed by atoms with Gasteiger partial charge in [-0.25, -0.2) is 4.79 Å². The number of esters is 3. The summed E-state index contributed by atoms with van der Waals surface area (Å²) >= 11 is 0. The van der Waals surface area contributed by atoms with Gasteiger partial charge in [0.25, 0.3) is 0 Å². The summed E-state index contributed by atoms with van der Waals surface area (Å²) in [6.45, 7) is 24.1. The lowest BCUT2D eigenvalue weighted by molar-refractivity contribution is -0.381. The fourth-order valence-electron chi connectivity index (χ4n) is 24.1. The molecule has 14 rings (SSSR count). The van der Waals surface area contributed by atoms with Crippen molar-refractivity contribution >= 4 is 17.9 Å². The Labute approximate surface area is 788 Å². The van der Waals surface area contributed by atoms with Gasteiger partial charge in [0.05, 0.1) is 88.0 Å². The third-order valence-electron chi connectivity index (χ3n) is 32.9. The van der Waals surface area contributed by atoms with Gasteiger partial charge in [-0.05, 0) is 156 Å². The second-order valence-electron chi connectivity index (χ2n) is 42.7. The van der Waals surface area contributed by atoms with Gasteiger partial charge in [0.2, 0.25) is 6.29 Å². The zero-order valence-corrected chi connectivity index (χ0v) is 78.6. The summed E-state index contributed by atoms with van der Waals surface area (Å²) in [5, 5.41) is 237. The predicted octanol–water partition coefficient (Wildman–Crippen LogP) is -4.05. The summed E-state index contributed by atoms with van der Waals surface area (Å²) in [6, 6.07) is 0. The van der Waals surface area contributed by atoms with E-state index in [-0.39, 0.29) is 43.9 Å². The smallest absolute Gasteiger partial charge is 0.330 e. The van der Waals surface area contributed by atoms with E-state index in [1.54, 1.807) is 13.0 Å². The van der Waals surface area contributed by atoms with E-state index in [0.29, 0.717) is 51.4 Å². The number of ether oxygens (including phenoxy) is 19. The fourth-order valence-corrected chi connectivity index (χ4v) is 24.1. The van der Waals surface area contributed by atoms with Crippen LogP contribution in [0.25, 0.3) is 0 Å². The van der Waals surface area contributed by atoms with Crippen molar-refractivity contribution in [2.45, 2.75) is 410 Å². The molecular weight excluding hydrogens is 1800 g/mol. The minimum atomic E-state index is -2.27. The van der Waals surface area contributed by atoms with Gasteiger partial charge in [-0.3, -0.25) is 9.59 Å². The van der Waals surface area contributed by atoms with Gasteiger partial charge in [-0.1, -0.05) is 78.3 Å². The second kappa shape index (κ2) is 42.2. The van der Waals surface area contributed by atoms with Gasteiger partial charge in [0, 0.05) is 6.08 Å². The molecule has 9 heterocycles. The summed E-state index contributed by atoms with van der Waals surface area (Å²) in [5.74, 6) is -5.53. The van der Waals surface area contributed by atoms with E-state index in [2.05, 4.69) is 67.7 Å². The Morgan fingerprint density at radius 2 is 1.04 bits per heavy atom. The predicted molar refractivity (Wildman–Crippen MR) is 458 cm³/mol. The lowest BCUT2D eigenvalue weighted by Crippen LogP contribution is -2.69. The Bertz CT molecular complexity index is 4120. The molecule has 9 saturated heterocycles. The average molecular weight is 1950 g/mol. The number of fused-ring (bicyclic) bond motifs is 7. The Kier molecular flexibility index (Phi) is 33.4. The normalized spacial score (nSPS) is 50.3. The highest BCUT2D eigenvalue weighted by Crippen LogP contribution is 2.76. The molecule has 43 nitrogen and oxygen atoms in total. The van der Waals surface area contributed by atoms with Crippen LogP contribution in [0, 0.1) is 56.2 Å². The van der Waals surface area contributed by atoms with Crippen LogP contribution in [0.15, 0.2) is 49.1 Å². The molecule has 0 spiro atoms. The van der Waals surface area contributed by atoms with Crippen LogP contribution in [-0.4, -0.2) is 422 Å². The summed E-state index contributed by atoms with van der Waals surface area (Å²) in [4.78, 5) is 45.0. The molecule has 2 unspecified atom stereocenters. The van der Waals surface area contributed by atoms with Gasteiger partial charge in [-0.2, -0.15) is 0 Å². The Morgan fingerprint density at radius 1 is 0.500 bits per heavy atom. The number of hydrogen-bond donors (Lipinski definition) is 21. The van der Waals surface area contributed by atoms with E-state index < -0.39 is 359 Å². The van der Waals surface area contributed by atoms with Crippen molar-refractivity contribution in [3.63, 3.8) is 0 Å².